The minimum absolute atomic E-state index is 0.0868. The Morgan fingerprint density at radius 3 is 2.56 bits per heavy atom. The molecule has 3 atom stereocenters. The van der Waals surface area contributed by atoms with Crippen LogP contribution >= 0.6 is 0 Å². The van der Waals surface area contributed by atoms with Crippen LogP contribution in [0.25, 0.3) is 11.4 Å². The number of aryl methyl sites for hydroxylation is 1. The molecule has 14 nitrogen and oxygen atoms in total. The summed E-state index contributed by atoms with van der Waals surface area (Å²) in [5, 5.41) is 25.8. The maximum absolute atomic E-state index is 13.8. The van der Waals surface area contributed by atoms with E-state index in [0.29, 0.717) is 40.7 Å². The summed E-state index contributed by atoms with van der Waals surface area (Å²) >= 11 is 0. The molecule has 4 amide bonds. The fourth-order valence-electron chi connectivity index (χ4n) is 5.81. The lowest BCUT2D eigenvalue weighted by atomic mass is 10.0. The van der Waals surface area contributed by atoms with E-state index in [0.717, 1.165) is 24.2 Å². The monoisotopic (exact) mass is 681 g/mol. The molecule has 5 N–H and O–H groups in total. The summed E-state index contributed by atoms with van der Waals surface area (Å²) in [5.41, 5.74) is 2.71. The summed E-state index contributed by atoms with van der Waals surface area (Å²) < 4.78 is 12.9. The number of aliphatic hydroxyl groups is 1. The molecular weight excluding hydrogens is 642 g/mol. The van der Waals surface area contributed by atoms with Gasteiger partial charge in [0.05, 0.1) is 25.8 Å². The second-order valence-electron chi connectivity index (χ2n) is 12.1. The standard InChI is InChI=1S/C36H39N7O7/c1-22-33-41-32(24-6-3-2-4-7-24)42-43(33)20-31(45)37-15-17-49-27-12-9-23(10-13-27)18-28(35(47)40-29(21-44)36(48)38-22)39-34(46)26-11-14-30-25(19-26)8-5-16-50-30/h2-4,6-7,9-14,19,22,28-29,44H,5,8,15-18,20-21H2,1H3,(H,37,45)(H,38,48)(H,39,46)(H,40,47)/t22-,28-,29-/m0/s1. The van der Waals surface area contributed by atoms with Crippen LogP contribution in [-0.4, -0.2) is 81.9 Å². The number of amides is 4. The lowest BCUT2D eigenvalue weighted by molar-refractivity contribution is -0.131. The van der Waals surface area contributed by atoms with Gasteiger partial charge < -0.3 is 35.8 Å². The van der Waals surface area contributed by atoms with Crippen LogP contribution in [0.5, 0.6) is 11.5 Å². The molecule has 0 radical (unpaired) electrons. The summed E-state index contributed by atoms with van der Waals surface area (Å²) in [6.07, 6.45) is 1.70. The van der Waals surface area contributed by atoms with Crippen LogP contribution in [0.2, 0.25) is 0 Å². The van der Waals surface area contributed by atoms with Crippen molar-refractivity contribution in [3.8, 4) is 22.9 Å². The molecule has 4 heterocycles. The average molecular weight is 682 g/mol. The molecule has 3 aliphatic rings. The van der Waals surface area contributed by atoms with Crippen LogP contribution in [0.1, 0.15) is 46.7 Å². The predicted molar refractivity (Wildman–Crippen MR) is 181 cm³/mol. The fraction of sp³-hybridized carbons (Fsp3) is 0.333. The van der Waals surface area contributed by atoms with Crippen LogP contribution in [0.15, 0.2) is 72.8 Å². The van der Waals surface area contributed by atoms with Crippen molar-refractivity contribution in [2.45, 2.75) is 50.9 Å². The number of rotatable bonds is 4. The molecule has 0 fully saturated rings. The Morgan fingerprint density at radius 1 is 0.980 bits per heavy atom. The number of carbonyl (C=O) groups is 4. The van der Waals surface area contributed by atoms with E-state index in [1.807, 2.05) is 30.3 Å². The number of hydrogen-bond donors (Lipinski definition) is 5. The zero-order chi connectivity index (χ0) is 35.0. The Kier molecular flexibility index (Phi) is 10.7. The number of ether oxygens (including phenoxy) is 2. The van der Waals surface area contributed by atoms with E-state index in [-0.39, 0.29) is 32.0 Å². The zero-order valence-corrected chi connectivity index (χ0v) is 27.6. The number of aliphatic hydroxyl groups excluding tert-OH is 1. The number of aromatic nitrogens is 3. The lowest BCUT2D eigenvalue weighted by Crippen LogP contribution is -2.55. The van der Waals surface area contributed by atoms with Crippen LogP contribution in [0, 0.1) is 0 Å². The van der Waals surface area contributed by atoms with Gasteiger partial charge in [0.2, 0.25) is 17.7 Å². The third-order valence-electron chi connectivity index (χ3n) is 8.44. The van der Waals surface area contributed by atoms with Gasteiger partial charge in [0.25, 0.3) is 5.91 Å². The van der Waals surface area contributed by atoms with E-state index < -0.39 is 42.5 Å². The first-order valence-corrected chi connectivity index (χ1v) is 16.5. The Morgan fingerprint density at radius 2 is 1.78 bits per heavy atom. The average Bonchev–Trinajstić information content (AvgIpc) is 3.56. The van der Waals surface area contributed by atoms with Crippen molar-refractivity contribution in [3.63, 3.8) is 0 Å². The van der Waals surface area contributed by atoms with E-state index in [2.05, 4.69) is 31.3 Å². The summed E-state index contributed by atoms with van der Waals surface area (Å²) in [6.45, 7) is 1.82. The highest BCUT2D eigenvalue weighted by Crippen LogP contribution is 2.26. The first kappa shape index (κ1) is 34.1. The van der Waals surface area contributed by atoms with Crippen molar-refractivity contribution >= 4 is 23.6 Å². The number of benzene rings is 3. The number of nitrogens with one attached hydrogen (secondary N) is 4. The third kappa shape index (κ3) is 8.26. The van der Waals surface area contributed by atoms with Gasteiger partial charge in [-0.1, -0.05) is 42.5 Å². The van der Waals surface area contributed by atoms with Gasteiger partial charge in [-0.2, -0.15) is 5.10 Å². The SMILES string of the molecule is C[C@@H]1NC(=O)[C@H](CO)NC(=O)[C@@H](NC(=O)c2ccc3c(c2)CCCO3)Cc2ccc(cc2)OCCNC(=O)Cn2nc(-c3ccccc3)nc21. The number of nitrogens with zero attached hydrogens (tertiary/aromatic N) is 3. The first-order valence-electron chi connectivity index (χ1n) is 16.5. The Balaban J connectivity index is 1.26. The molecule has 1 aromatic heterocycles. The summed E-state index contributed by atoms with van der Waals surface area (Å²) in [6, 6.07) is 18.1. The van der Waals surface area contributed by atoms with Crippen LogP contribution in [-0.2, 0) is 33.8 Å². The van der Waals surface area contributed by atoms with Crippen molar-refractivity contribution in [1.82, 2.24) is 36.0 Å². The van der Waals surface area contributed by atoms with Gasteiger partial charge in [0.15, 0.2) is 5.82 Å². The first-order chi connectivity index (χ1) is 24.3. The molecule has 2 bridgehead atoms. The largest absolute Gasteiger partial charge is 0.493 e. The molecule has 7 rings (SSSR count). The molecule has 3 aromatic carbocycles. The molecule has 3 aliphatic heterocycles. The molecule has 4 aromatic rings. The molecule has 0 saturated carbocycles. The lowest BCUT2D eigenvalue weighted by Gasteiger charge is -2.24. The predicted octanol–water partition coefficient (Wildman–Crippen LogP) is 1.47. The Labute approximate surface area is 288 Å². The number of carbonyl (C=O) groups excluding carboxylic acids is 4. The fourth-order valence-corrected chi connectivity index (χ4v) is 5.81. The van der Waals surface area contributed by atoms with Crippen LogP contribution in [0.3, 0.4) is 0 Å². The second-order valence-corrected chi connectivity index (χ2v) is 12.1. The van der Waals surface area contributed by atoms with E-state index >= 15 is 0 Å². The van der Waals surface area contributed by atoms with Gasteiger partial charge in [-0.25, -0.2) is 9.67 Å². The number of fused-ring (bicyclic) bond motifs is 15. The highest BCUT2D eigenvalue weighted by atomic mass is 16.5. The highest BCUT2D eigenvalue weighted by Gasteiger charge is 2.29. The maximum atomic E-state index is 13.8. The molecule has 0 aliphatic carbocycles. The molecule has 50 heavy (non-hydrogen) atoms. The van der Waals surface area contributed by atoms with Gasteiger partial charge in [-0.15, -0.1) is 0 Å². The third-order valence-corrected chi connectivity index (χ3v) is 8.44. The Hall–Kier alpha value is -5.76. The van der Waals surface area contributed by atoms with Gasteiger partial charge in [0, 0.05) is 17.5 Å². The van der Waals surface area contributed by atoms with Crippen molar-refractivity contribution in [2.24, 2.45) is 0 Å². The molecule has 260 valence electrons. The van der Waals surface area contributed by atoms with Crippen molar-refractivity contribution in [3.05, 3.63) is 95.3 Å². The van der Waals surface area contributed by atoms with E-state index in [1.54, 1.807) is 49.4 Å². The minimum atomic E-state index is -1.36. The van der Waals surface area contributed by atoms with Gasteiger partial charge in [0.1, 0.15) is 42.6 Å². The molecular formula is C36H39N7O7. The van der Waals surface area contributed by atoms with Crippen molar-refractivity contribution < 1.29 is 33.8 Å². The molecule has 0 saturated heterocycles. The quantitative estimate of drug-likeness (QED) is 0.213. The highest BCUT2D eigenvalue weighted by molar-refractivity contribution is 5.98. The van der Waals surface area contributed by atoms with Crippen molar-refractivity contribution in [1.29, 1.82) is 0 Å². The van der Waals surface area contributed by atoms with E-state index in [1.165, 1.54) is 4.68 Å². The minimum Gasteiger partial charge on any atom is -0.493 e. The normalized spacial score (nSPS) is 20.1. The van der Waals surface area contributed by atoms with Gasteiger partial charge >= 0.3 is 0 Å². The summed E-state index contributed by atoms with van der Waals surface area (Å²) in [7, 11) is 0. The zero-order valence-electron chi connectivity index (χ0n) is 27.6. The molecule has 14 heteroatoms. The van der Waals surface area contributed by atoms with Crippen LogP contribution in [0.4, 0.5) is 0 Å². The van der Waals surface area contributed by atoms with Gasteiger partial charge in [-0.05, 0) is 61.2 Å². The number of hydrogen-bond acceptors (Lipinski definition) is 9. The topological polar surface area (TPSA) is 186 Å². The second kappa shape index (κ2) is 15.6. The molecule has 0 unspecified atom stereocenters. The van der Waals surface area contributed by atoms with E-state index in [4.69, 9.17) is 9.47 Å². The molecule has 0 spiro atoms. The van der Waals surface area contributed by atoms with E-state index in [9.17, 15) is 24.3 Å². The maximum Gasteiger partial charge on any atom is 0.251 e. The smallest absolute Gasteiger partial charge is 0.251 e. The summed E-state index contributed by atoms with van der Waals surface area (Å²) in [4.78, 5) is 58.2. The van der Waals surface area contributed by atoms with Crippen LogP contribution < -0.4 is 30.7 Å². The van der Waals surface area contributed by atoms with Crippen molar-refractivity contribution in [2.75, 3.05) is 26.4 Å². The van der Waals surface area contributed by atoms with Gasteiger partial charge in [-0.3, -0.25) is 19.2 Å². The summed E-state index contributed by atoms with van der Waals surface area (Å²) in [5.74, 6) is -0.222. The Bertz CT molecular complexity index is 1850.